The molecule has 20 heavy (non-hydrogen) atoms. The number of nitro groups is 1. The van der Waals surface area contributed by atoms with E-state index < -0.39 is 0 Å². The summed E-state index contributed by atoms with van der Waals surface area (Å²) in [6.07, 6.45) is 8.54. The average Bonchev–Trinajstić information content (AvgIpc) is 2.47. The molecule has 0 aliphatic heterocycles. The Hall–Kier alpha value is -1.23. The number of thioether (sulfide) groups is 1. The Bertz CT molecular complexity index is 485. The highest BCUT2D eigenvalue weighted by atomic mass is 32.2. The lowest BCUT2D eigenvalue weighted by Crippen LogP contribution is -2.35. The molecule has 4 nitrogen and oxygen atoms in total. The summed E-state index contributed by atoms with van der Waals surface area (Å²) in [6, 6.07) is 5.39. The molecule has 2 rings (SSSR count). The van der Waals surface area contributed by atoms with Crippen LogP contribution in [0, 0.1) is 17.0 Å². The predicted molar refractivity (Wildman–Crippen MR) is 85.7 cm³/mol. The van der Waals surface area contributed by atoms with Gasteiger partial charge in [-0.2, -0.15) is 11.8 Å². The molecule has 0 aromatic heterocycles. The van der Waals surface area contributed by atoms with Crippen molar-refractivity contribution in [3.05, 3.63) is 33.9 Å². The molecule has 0 heterocycles. The highest BCUT2D eigenvalue weighted by molar-refractivity contribution is 8.00. The molecular formula is C15H22N2O2S. The van der Waals surface area contributed by atoms with E-state index >= 15 is 0 Å². The average molecular weight is 294 g/mol. The Morgan fingerprint density at radius 2 is 2.05 bits per heavy atom. The van der Waals surface area contributed by atoms with Gasteiger partial charge in [0.25, 0.3) is 5.69 Å². The molecule has 1 saturated carbocycles. The van der Waals surface area contributed by atoms with E-state index in [2.05, 4.69) is 11.6 Å². The summed E-state index contributed by atoms with van der Waals surface area (Å²) in [5, 5.41) is 14.4. The molecular weight excluding hydrogens is 272 g/mol. The molecule has 0 unspecified atom stereocenters. The molecule has 0 spiro atoms. The zero-order chi connectivity index (χ0) is 14.6. The first-order valence-corrected chi connectivity index (χ1v) is 8.33. The quantitative estimate of drug-likeness (QED) is 0.646. The fraction of sp³-hybridized carbons (Fsp3) is 0.600. The van der Waals surface area contributed by atoms with Crippen LogP contribution in [0.4, 0.5) is 11.4 Å². The number of aryl methyl sites for hydroxylation is 1. The number of nitrogens with one attached hydrogen (secondary N) is 1. The standard InChI is InChI=1S/C15H22N2O2S/c1-12-6-7-13(10-14(12)17(18)19)16-11-15(20-2)8-4-3-5-9-15/h6-7,10,16H,3-5,8-9,11H2,1-2H3. The monoisotopic (exact) mass is 294 g/mol. The van der Waals surface area contributed by atoms with E-state index in [0.717, 1.165) is 12.2 Å². The number of hydrogen-bond acceptors (Lipinski definition) is 4. The lowest BCUT2D eigenvalue weighted by Gasteiger charge is -2.36. The molecule has 1 aromatic carbocycles. The minimum atomic E-state index is -0.314. The van der Waals surface area contributed by atoms with Crippen LogP contribution in [-0.4, -0.2) is 22.5 Å². The molecule has 1 aliphatic rings. The van der Waals surface area contributed by atoms with Gasteiger partial charge in [0.2, 0.25) is 0 Å². The lowest BCUT2D eigenvalue weighted by atomic mass is 9.88. The molecule has 0 radical (unpaired) electrons. The number of nitrogens with zero attached hydrogens (tertiary/aromatic N) is 1. The van der Waals surface area contributed by atoms with E-state index in [0.29, 0.717) is 5.56 Å². The minimum Gasteiger partial charge on any atom is -0.383 e. The summed E-state index contributed by atoms with van der Waals surface area (Å²) in [6.45, 7) is 2.65. The number of rotatable bonds is 5. The largest absolute Gasteiger partial charge is 0.383 e. The maximum Gasteiger partial charge on any atom is 0.274 e. The maximum atomic E-state index is 11.0. The third kappa shape index (κ3) is 3.45. The smallest absolute Gasteiger partial charge is 0.274 e. The molecule has 0 bridgehead atoms. The molecule has 110 valence electrons. The first kappa shape index (κ1) is 15.2. The molecule has 0 amide bonds. The molecule has 5 heteroatoms. The van der Waals surface area contributed by atoms with E-state index in [9.17, 15) is 10.1 Å². The van der Waals surface area contributed by atoms with Gasteiger partial charge in [0.15, 0.2) is 0 Å². The van der Waals surface area contributed by atoms with Gasteiger partial charge in [-0.05, 0) is 32.1 Å². The van der Waals surface area contributed by atoms with Crippen LogP contribution in [0.25, 0.3) is 0 Å². The normalized spacial score (nSPS) is 17.7. The van der Waals surface area contributed by atoms with E-state index in [1.54, 1.807) is 13.0 Å². The van der Waals surface area contributed by atoms with Crippen molar-refractivity contribution >= 4 is 23.1 Å². The van der Waals surface area contributed by atoms with Crippen molar-refractivity contribution in [3.8, 4) is 0 Å². The molecule has 0 atom stereocenters. The van der Waals surface area contributed by atoms with Crippen molar-refractivity contribution in [2.24, 2.45) is 0 Å². The first-order chi connectivity index (χ1) is 9.56. The lowest BCUT2D eigenvalue weighted by molar-refractivity contribution is -0.385. The van der Waals surface area contributed by atoms with Gasteiger partial charge in [0, 0.05) is 28.6 Å². The zero-order valence-electron chi connectivity index (χ0n) is 12.1. The topological polar surface area (TPSA) is 55.2 Å². The third-order valence-electron chi connectivity index (χ3n) is 4.22. The van der Waals surface area contributed by atoms with Crippen molar-refractivity contribution in [2.45, 2.75) is 43.8 Å². The minimum absolute atomic E-state index is 0.192. The Balaban J connectivity index is 2.06. The van der Waals surface area contributed by atoms with Gasteiger partial charge in [0.05, 0.1) is 4.92 Å². The Morgan fingerprint density at radius 3 is 2.65 bits per heavy atom. The SMILES string of the molecule is CSC1(CNc2ccc(C)c([N+](=O)[O-])c2)CCCCC1. The van der Waals surface area contributed by atoms with Crippen LogP contribution in [0.3, 0.4) is 0 Å². The fourth-order valence-electron chi connectivity index (χ4n) is 2.83. The predicted octanol–water partition coefficient (Wildman–Crippen LogP) is 4.38. The highest BCUT2D eigenvalue weighted by Gasteiger charge is 2.30. The van der Waals surface area contributed by atoms with Gasteiger partial charge in [-0.25, -0.2) is 0 Å². The van der Waals surface area contributed by atoms with Crippen LogP contribution in [0.5, 0.6) is 0 Å². The molecule has 1 N–H and O–H groups in total. The summed E-state index contributed by atoms with van der Waals surface area (Å²) < 4.78 is 0.290. The van der Waals surface area contributed by atoms with Gasteiger partial charge in [-0.3, -0.25) is 10.1 Å². The van der Waals surface area contributed by atoms with E-state index in [1.807, 2.05) is 23.9 Å². The van der Waals surface area contributed by atoms with Crippen LogP contribution < -0.4 is 5.32 Å². The van der Waals surface area contributed by atoms with Crippen LogP contribution >= 0.6 is 11.8 Å². The van der Waals surface area contributed by atoms with Crippen molar-refractivity contribution in [1.29, 1.82) is 0 Å². The van der Waals surface area contributed by atoms with Crippen LogP contribution in [-0.2, 0) is 0 Å². The Morgan fingerprint density at radius 1 is 1.35 bits per heavy atom. The molecule has 1 aromatic rings. The number of anilines is 1. The zero-order valence-corrected chi connectivity index (χ0v) is 13.0. The van der Waals surface area contributed by atoms with Crippen LogP contribution in [0.15, 0.2) is 18.2 Å². The Kier molecular flexibility index (Phi) is 4.91. The fourth-order valence-corrected chi connectivity index (χ4v) is 3.74. The number of benzene rings is 1. The summed E-state index contributed by atoms with van der Waals surface area (Å²) in [4.78, 5) is 10.7. The van der Waals surface area contributed by atoms with Crippen molar-refractivity contribution in [2.75, 3.05) is 18.1 Å². The van der Waals surface area contributed by atoms with Crippen molar-refractivity contribution in [3.63, 3.8) is 0 Å². The van der Waals surface area contributed by atoms with Gasteiger partial charge < -0.3 is 5.32 Å². The second kappa shape index (κ2) is 6.48. The van der Waals surface area contributed by atoms with Gasteiger partial charge in [-0.1, -0.05) is 25.3 Å². The second-order valence-electron chi connectivity index (χ2n) is 5.56. The van der Waals surface area contributed by atoms with Crippen molar-refractivity contribution < 1.29 is 4.92 Å². The maximum absolute atomic E-state index is 11.0. The van der Waals surface area contributed by atoms with Crippen LogP contribution in [0.1, 0.15) is 37.7 Å². The van der Waals surface area contributed by atoms with E-state index in [1.165, 1.54) is 32.1 Å². The summed E-state index contributed by atoms with van der Waals surface area (Å²) in [5.74, 6) is 0. The van der Waals surface area contributed by atoms with Crippen LogP contribution in [0.2, 0.25) is 0 Å². The molecule has 1 fully saturated rings. The molecule has 0 saturated heterocycles. The Labute approximate surface area is 124 Å². The summed E-state index contributed by atoms with van der Waals surface area (Å²) in [5.41, 5.74) is 1.75. The third-order valence-corrected chi connectivity index (χ3v) is 5.64. The van der Waals surface area contributed by atoms with Gasteiger partial charge in [0.1, 0.15) is 0 Å². The van der Waals surface area contributed by atoms with Crippen molar-refractivity contribution in [1.82, 2.24) is 0 Å². The first-order valence-electron chi connectivity index (χ1n) is 7.10. The van der Waals surface area contributed by atoms with Gasteiger partial charge in [-0.15, -0.1) is 0 Å². The number of nitro benzene ring substituents is 1. The van der Waals surface area contributed by atoms with E-state index in [4.69, 9.17) is 0 Å². The summed E-state index contributed by atoms with van der Waals surface area (Å²) >= 11 is 1.93. The second-order valence-corrected chi connectivity index (χ2v) is 6.83. The van der Waals surface area contributed by atoms with E-state index in [-0.39, 0.29) is 15.4 Å². The molecule has 1 aliphatic carbocycles. The number of hydrogen-bond donors (Lipinski definition) is 1. The highest BCUT2D eigenvalue weighted by Crippen LogP contribution is 2.38. The summed E-state index contributed by atoms with van der Waals surface area (Å²) in [7, 11) is 0. The van der Waals surface area contributed by atoms with Gasteiger partial charge >= 0.3 is 0 Å².